The van der Waals surface area contributed by atoms with E-state index < -0.39 is 0 Å². The third-order valence-electron chi connectivity index (χ3n) is 3.34. The predicted molar refractivity (Wildman–Crippen MR) is 85.7 cm³/mol. The van der Waals surface area contributed by atoms with Crippen LogP contribution in [0.4, 0.5) is 0 Å². The van der Waals surface area contributed by atoms with Crippen molar-refractivity contribution in [2.24, 2.45) is 5.73 Å². The second-order valence-corrected chi connectivity index (χ2v) is 5.28. The highest BCUT2D eigenvalue weighted by Crippen LogP contribution is 2.26. The zero-order valence-electron chi connectivity index (χ0n) is 12.7. The third kappa shape index (κ3) is 4.80. The van der Waals surface area contributed by atoms with E-state index in [0.717, 1.165) is 29.9 Å². The number of ether oxygens (including phenoxy) is 2. The summed E-state index contributed by atoms with van der Waals surface area (Å²) in [5.74, 6) is 1.52. The molecule has 0 heterocycles. The van der Waals surface area contributed by atoms with Crippen LogP contribution >= 0.6 is 0 Å². The van der Waals surface area contributed by atoms with Gasteiger partial charge in [0.05, 0.1) is 7.11 Å². The first kappa shape index (κ1) is 15.4. The third-order valence-corrected chi connectivity index (χ3v) is 3.34. The maximum atomic E-state index is 5.84. The van der Waals surface area contributed by atoms with Gasteiger partial charge in [0.1, 0.15) is 6.61 Å². The first-order valence-electron chi connectivity index (χ1n) is 7.28. The van der Waals surface area contributed by atoms with Crippen LogP contribution in [-0.2, 0) is 13.0 Å². The number of rotatable bonds is 7. The predicted octanol–water partition coefficient (Wildman–Crippen LogP) is 3.55. The van der Waals surface area contributed by atoms with Gasteiger partial charge in [0.25, 0.3) is 0 Å². The molecule has 2 aromatic rings. The first-order valence-corrected chi connectivity index (χ1v) is 7.28. The van der Waals surface area contributed by atoms with Crippen molar-refractivity contribution in [1.29, 1.82) is 0 Å². The van der Waals surface area contributed by atoms with Crippen LogP contribution in [0.3, 0.4) is 0 Å². The topological polar surface area (TPSA) is 44.5 Å². The van der Waals surface area contributed by atoms with Gasteiger partial charge in [-0.1, -0.05) is 36.4 Å². The number of para-hydroxylation sites is 2. The molecule has 0 bridgehead atoms. The average molecular weight is 285 g/mol. The van der Waals surface area contributed by atoms with Gasteiger partial charge in [-0.2, -0.15) is 0 Å². The summed E-state index contributed by atoms with van der Waals surface area (Å²) in [5.41, 5.74) is 8.26. The van der Waals surface area contributed by atoms with Crippen molar-refractivity contribution < 1.29 is 9.47 Å². The lowest BCUT2D eigenvalue weighted by Gasteiger charge is -2.11. The van der Waals surface area contributed by atoms with Crippen LogP contribution in [0.25, 0.3) is 0 Å². The molecule has 2 rings (SSSR count). The van der Waals surface area contributed by atoms with Gasteiger partial charge in [0.15, 0.2) is 11.5 Å². The first-order chi connectivity index (χ1) is 10.2. The van der Waals surface area contributed by atoms with Crippen LogP contribution in [0.5, 0.6) is 11.5 Å². The molecule has 1 atom stereocenters. The summed E-state index contributed by atoms with van der Waals surface area (Å²) in [6.07, 6.45) is 2.00. The highest BCUT2D eigenvalue weighted by molar-refractivity contribution is 5.39. The molecule has 0 saturated carbocycles. The zero-order valence-corrected chi connectivity index (χ0v) is 12.7. The average Bonchev–Trinajstić information content (AvgIpc) is 2.51. The number of nitrogens with two attached hydrogens (primary N) is 1. The Morgan fingerprint density at radius 1 is 1.00 bits per heavy atom. The van der Waals surface area contributed by atoms with Crippen molar-refractivity contribution in [2.45, 2.75) is 32.4 Å². The van der Waals surface area contributed by atoms with Crippen molar-refractivity contribution in [3.63, 3.8) is 0 Å². The van der Waals surface area contributed by atoms with Gasteiger partial charge in [0.2, 0.25) is 0 Å². The standard InChI is InChI=1S/C18H23NO2/c1-14(19)10-11-15-6-5-7-16(12-15)13-21-18-9-4-3-8-17(18)20-2/h3-9,12,14H,10-11,13,19H2,1-2H3. The van der Waals surface area contributed by atoms with E-state index >= 15 is 0 Å². The Morgan fingerprint density at radius 3 is 2.43 bits per heavy atom. The van der Waals surface area contributed by atoms with Crippen molar-refractivity contribution in [1.82, 2.24) is 0 Å². The normalized spacial score (nSPS) is 12.0. The number of methoxy groups -OCH3 is 1. The van der Waals surface area contributed by atoms with Crippen molar-refractivity contribution in [2.75, 3.05) is 7.11 Å². The molecule has 2 aromatic carbocycles. The maximum Gasteiger partial charge on any atom is 0.161 e. The lowest BCUT2D eigenvalue weighted by Crippen LogP contribution is -2.15. The monoisotopic (exact) mass is 285 g/mol. The molecule has 3 nitrogen and oxygen atoms in total. The molecule has 0 aliphatic carbocycles. The summed E-state index contributed by atoms with van der Waals surface area (Å²) in [6.45, 7) is 2.57. The Labute approximate surface area is 126 Å². The summed E-state index contributed by atoms with van der Waals surface area (Å²) in [7, 11) is 1.65. The molecule has 0 aliphatic heterocycles. The molecular formula is C18H23NO2. The van der Waals surface area contributed by atoms with Crippen molar-refractivity contribution in [3.05, 3.63) is 59.7 Å². The van der Waals surface area contributed by atoms with Gasteiger partial charge in [-0.25, -0.2) is 0 Å². The number of hydrogen-bond donors (Lipinski definition) is 1. The Balaban J connectivity index is 1.98. The Morgan fingerprint density at radius 2 is 1.71 bits per heavy atom. The maximum absolute atomic E-state index is 5.84. The molecule has 1 unspecified atom stereocenters. The van der Waals surface area contributed by atoms with Gasteiger partial charge in [-0.15, -0.1) is 0 Å². The quantitative estimate of drug-likeness (QED) is 0.846. The minimum Gasteiger partial charge on any atom is -0.493 e. The zero-order chi connectivity index (χ0) is 15.1. The minimum atomic E-state index is 0.235. The molecule has 0 aromatic heterocycles. The van der Waals surface area contributed by atoms with E-state index in [1.54, 1.807) is 7.11 Å². The smallest absolute Gasteiger partial charge is 0.161 e. The minimum absolute atomic E-state index is 0.235. The molecule has 0 saturated heterocycles. The summed E-state index contributed by atoms with van der Waals surface area (Å²) < 4.78 is 11.1. The number of benzene rings is 2. The van der Waals surface area contributed by atoms with Gasteiger partial charge >= 0.3 is 0 Å². The van der Waals surface area contributed by atoms with Gasteiger partial charge in [-0.05, 0) is 43.0 Å². The summed E-state index contributed by atoms with van der Waals surface area (Å²) in [5, 5.41) is 0. The SMILES string of the molecule is COc1ccccc1OCc1cccc(CCC(C)N)c1. The number of hydrogen-bond acceptors (Lipinski definition) is 3. The lowest BCUT2D eigenvalue weighted by molar-refractivity contribution is 0.284. The van der Waals surface area contributed by atoms with E-state index in [0.29, 0.717) is 6.61 Å². The van der Waals surface area contributed by atoms with Crippen LogP contribution in [0.15, 0.2) is 48.5 Å². The highest BCUT2D eigenvalue weighted by atomic mass is 16.5. The van der Waals surface area contributed by atoms with E-state index in [-0.39, 0.29) is 6.04 Å². The van der Waals surface area contributed by atoms with Gasteiger partial charge < -0.3 is 15.2 Å². The largest absolute Gasteiger partial charge is 0.493 e. The van der Waals surface area contributed by atoms with Crippen LogP contribution in [0.2, 0.25) is 0 Å². The van der Waals surface area contributed by atoms with E-state index in [9.17, 15) is 0 Å². The van der Waals surface area contributed by atoms with E-state index in [1.807, 2.05) is 31.2 Å². The molecule has 0 amide bonds. The molecule has 0 radical (unpaired) electrons. The van der Waals surface area contributed by atoms with Crippen LogP contribution in [0, 0.1) is 0 Å². The fourth-order valence-electron chi connectivity index (χ4n) is 2.17. The number of aryl methyl sites for hydroxylation is 1. The van der Waals surface area contributed by atoms with Crippen LogP contribution < -0.4 is 15.2 Å². The molecule has 3 heteroatoms. The molecule has 21 heavy (non-hydrogen) atoms. The second-order valence-electron chi connectivity index (χ2n) is 5.28. The van der Waals surface area contributed by atoms with Crippen molar-refractivity contribution in [3.8, 4) is 11.5 Å². The fourth-order valence-corrected chi connectivity index (χ4v) is 2.17. The van der Waals surface area contributed by atoms with Crippen LogP contribution in [0.1, 0.15) is 24.5 Å². The van der Waals surface area contributed by atoms with E-state index in [2.05, 4.69) is 24.3 Å². The van der Waals surface area contributed by atoms with Crippen molar-refractivity contribution >= 4 is 0 Å². The molecule has 112 valence electrons. The highest BCUT2D eigenvalue weighted by Gasteiger charge is 2.04. The van der Waals surface area contributed by atoms with E-state index in [4.69, 9.17) is 15.2 Å². The Kier molecular flexibility index (Phi) is 5.64. The molecule has 0 spiro atoms. The van der Waals surface area contributed by atoms with Crippen LogP contribution in [-0.4, -0.2) is 13.2 Å². The molecule has 0 fully saturated rings. The Bertz CT molecular complexity index is 567. The Hall–Kier alpha value is -2.00. The molecule has 2 N–H and O–H groups in total. The second kappa shape index (κ2) is 7.70. The lowest BCUT2D eigenvalue weighted by atomic mass is 10.0. The fraction of sp³-hybridized carbons (Fsp3) is 0.333. The molecular weight excluding hydrogens is 262 g/mol. The summed E-state index contributed by atoms with van der Waals surface area (Å²) in [6, 6.07) is 16.4. The summed E-state index contributed by atoms with van der Waals surface area (Å²) >= 11 is 0. The molecule has 0 aliphatic rings. The van der Waals surface area contributed by atoms with Gasteiger partial charge in [0, 0.05) is 6.04 Å². The van der Waals surface area contributed by atoms with E-state index in [1.165, 1.54) is 5.56 Å². The summed E-state index contributed by atoms with van der Waals surface area (Å²) in [4.78, 5) is 0. The van der Waals surface area contributed by atoms with Gasteiger partial charge in [-0.3, -0.25) is 0 Å².